The standard InChI is InChI=1S/C29H24FN7O/c1-29(2,3)28(38)33-19-12-17(14-31-15-19)21-7-8-23-26(35-21)27(37-36-23)24-13-20-22(34-24)9-10-32-25(20)16-5-4-6-18(30)11-16/h4-15,34H,1-3H3,(H,33,38)(H,36,37). The summed E-state index contributed by atoms with van der Waals surface area (Å²) in [5.74, 6) is -0.411. The Morgan fingerprint density at radius 3 is 2.63 bits per heavy atom. The highest BCUT2D eigenvalue weighted by Gasteiger charge is 2.21. The number of carbonyl (C=O) groups excluding carboxylic acids is 1. The number of benzene rings is 1. The zero-order valence-electron chi connectivity index (χ0n) is 21.0. The summed E-state index contributed by atoms with van der Waals surface area (Å²) in [5.41, 5.74) is 6.62. The van der Waals surface area contributed by atoms with Gasteiger partial charge in [-0.1, -0.05) is 32.9 Å². The van der Waals surface area contributed by atoms with Crippen LogP contribution in [0.15, 0.2) is 73.2 Å². The molecule has 3 N–H and O–H groups in total. The molecule has 0 aliphatic rings. The Morgan fingerprint density at radius 2 is 1.82 bits per heavy atom. The number of nitrogens with one attached hydrogen (secondary N) is 3. The molecule has 0 aliphatic carbocycles. The van der Waals surface area contributed by atoms with E-state index in [1.54, 1.807) is 24.7 Å². The highest BCUT2D eigenvalue weighted by Crippen LogP contribution is 2.33. The molecule has 1 amide bonds. The van der Waals surface area contributed by atoms with Crippen molar-refractivity contribution in [2.75, 3.05) is 5.32 Å². The van der Waals surface area contributed by atoms with Gasteiger partial charge in [0.2, 0.25) is 5.91 Å². The molecule has 0 radical (unpaired) electrons. The number of amides is 1. The van der Waals surface area contributed by atoms with Gasteiger partial charge in [-0.2, -0.15) is 5.10 Å². The summed E-state index contributed by atoms with van der Waals surface area (Å²) < 4.78 is 13.9. The lowest BCUT2D eigenvalue weighted by atomic mass is 9.95. The van der Waals surface area contributed by atoms with Crippen LogP contribution in [0, 0.1) is 11.2 Å². The fraction of sp³-hybridized carbons (Fsp3) is 0.138. The molecule has 0 spiro atoms. The lowest BCUT2D eigenvalue weighted by molar-refractivity contribution is -0.123. The van der Waals surface area contributed by atoms with E-state index in [-0.39, 0.29) is 11.7 Å². The Kier molecular flexibility index (Phi) is 5.48. The summed E-state index contributed by atoms with van der Waals surface area (Å²) in [6.45, 7) is 5.57. The fourth-order valence-electron chi connectivity index (χ4n) is 4.26. The minimum Gasteiger partial charge on any atom is -0.353 e. The highest BCUT2D eigenvalue weighted by atomic mass is 19.1. The van der Waals surface area contributed by atoms with Crippen molar-refractivity contribution in [2.45, 2.75) is 20.8 Å². The number of nitrogens with zero attached hydrogens (tertiary/aromatic N) is 4. The normalized spacial score (nSPS) is 11.8. The van der Waals surface area contributed by atoms with Crippen LogP contribution in [-0.4, -0.2) is 36.0 Å². The van der Waals surface area contributed by atoms with Gasteiger partial charge in [-0.3, -0.25) is 19.9 Å². The lowest BCUT2D eigenvalue weighted by Crippen LogP contribution is -2.27. The maximum absolute atomic E-state index is 13.9. The van der Waals surface area contributed by atoms with E-state index >= 15 is 0 Å². The molecule has 0 bridgehead atoms. The van der Waals surface area contributed by atoms with E-state index in [2.05, 4.69) is 30.5 Å². The second-order valence-corrected chi connectivity index (χ2v) is 10.1. The summed E-state index contributed by atoms with van der Waals surface area (Å²) in [5, 5.41) is 11.3. The van der Waals surface area contributed by atoms with Crippen molar-refractivity contribution >= 4 is 33.5 Å². The third-order valence-corrected chi connectivity index (χ3v) is 6.28. The molecule has 188 valence electrons. The third kappa shape index (κ3) is 4.28. The van der Waals surface area contributed by atoms with Gasteiger partial charge in [-0.25, -0.2) is 9.37 Å². The van der Waals surface area contributed by atoms with Crippen LogP contribution in [0.2, 0.25) is 0 Å². The van der Waals surface area contributed by atoms with Crippen molar-refractivity contribution < 1.29 is 9.18 Å². The molecule has 5 aromatic heterocycles. The van der Waals surface area contributed by atoms with Crippen LogP contribution >= 0.6 is 0 Å². The molecule has 9 heteroatoms. The Labute approximate surface area is 217 Å². The molecule has 0 atom stereocenters. The first-order valence-electron chi connectivity index (χ1n) is 12.1. The monoisotopic (exact) mass is 505 g/mol. The van der Waals surface area contributed by atoms with Crippen LogP contribution < -0.4 is 5.32 Å². The van der Waals surface area contributed by atoms with E-state index in [4.69, 9.17) is 4.98 Å². The van der Waals surface area contributed by atoms with E-state index in [1.807, 2.05) is 57.2 Å². The predicted molar refractivity (Wildman–Crippen MR) is 146 cm³/mol. The lowest BCUT2D eigenvalue weighted by Gasteiger charge is -2.17. The second-order valence-electron chi connectivity index (χ2n) is 10.1. The van der Waals surface area contributed by atoms with E-state index in [0.29, 0.717) is 33.8 Å². The van der Waals surface area contributed by atoms with E-state index in [1.165, 1.54) is 12.1 Å². The van der Waals surface area contributed by atoms with Gasteiger partial charge in [0.15, 0.2) is 0 Å². The molecule has 0 fully saturated rings. The number of aromatic amines is 2. The first-order valence-corrected chi connectivity index (χ1v) is 12.1. The van der Waals surface area contributed by atoms with Crippen LogP contribution in [0.25, 0.3) is 55.8 Å². The number of aromatic nitrogens is 6. The first-order chi connectivity index (χ1) is 18.3. The number of H-pyrrole nitrogens is 2. The molecule has 0 aliphatic heterocycles. The van der Waals surface area contributed by atoms with Crippen LogP contribution in [-0.2, 0) is 4.79 Å². The number of halogens is 1. The van der Waals surface area contributed by atoms with Crippen molar-refractivity contribution in [3.05, 3.63) is 79.0 Å². The molecule has 1 aromatic carbocycles. The minimum absolute atomic E-state index is 0.0945. The maximum atomic E-state index is 13.9. The third-order valence-electron chi connectivity index (χ3n) is 6.28. The number of hydrogen-bond donors (Lipinski definition) is 3. The number of rotatable bonds is 4. The van der Waals surface area contributed by atoms with Gasteiger partial charge < -0.3 is 10.3 Å². The smallest absolute Gasteiger partial charge is 0.229 e. The zero-order chi connectivity index (χ0) is 26.4. The van der Waals surface area contributed by atoms with Gasteiger partial charge in [0.05, 0.1) is 34.5 Å². The van der Waals surface area contributed by atoms with Gasteiger partial charge >= 0.3 is 0 Å². The van der Waals surface area contributed by atoms with Gasteiger partial charge in [0.1, 0.15) is 17.0 Å². The summed E-state index contributed by atoms with van der Waals surface area (Å²) in [6.07, 6.45) is 5.02. The quantitative estimate of drug-likeness (QED) is 0.258. The Hall–Kier alpha value is -4.92. The number of pyridine rings is 3. The van der Waals surface area contributed by atoms with Gasteiger partial charge in [0.25, 0.3) is 0 Å². The van der Waals surface area contributed by atoms with Crippen molar-refractivity contribution in [1.29, 1.82) is 0 Å². The first kappa shape index (κ1) is 23.5. The Bertz CT molecular complexity index is 1830. The number of carbonyl (C=O) groups is 1. The molecular formula is C29H24FN7O. The molecule has 6 aromatic rings. The SMILES string of the molecule is CC(C)(C)C(=O)Nc1cncc(-c2ccc3[nH]nc(-c4cc5c(-c6cccc(F)c6)nccc5[nH]4)c3n2)c1. The highest BCUT2D eigenvalue weighted by molar-refractivity contribution is 5.99. The summed E-state index contributed by atoms with van der Waals surface area (Å²) in [6, 6.07) is 15.9. The fourth-order valence-corrected chi connectivity index (χ4v) is 4.26. The van der Waals surface area contributed by atoms with E-state index in [0.717, 1.165) is 27.7 Å². The molecule has 8 nitrogen and oxygen atoms in total. The van der Waals surface area contributed by atoms with Crippen molar-refractivity contribution in [2.24, 2.45) is 5.41 Å². The minimum atomic E-state index is -0.525. The van der Waals surface area contributed by atoms with Crippen molar-refractivity contribution in [3.63, 3.8) is 0 Å². The van der Waals surface area contributed by atoms with E-state index in [9.17, 15) is 9.18 Å². The van der Waals surface area contributed by atoms with Crippen LogP contribution in [0.5, 0.6) is 0 Å². The molecule has 5 heterocycles. The van der Waals surface area contributed by atoms with Crippen LogP contribution in [0.3, 0.4) is 0 Å². The van der Waals surface area contributed by atoms with Crippen molar-refractivity contribution in [3.8, 4) is 33.9 Å². The summed E-state index contributed by atoms with van der Waals surface area (Å²) >= 11 is 0. The van der Waals surface area contributed by atoms with Crippen LogP contribution in [0.1, 0.15) is 20.8 Å². The molecule has 0 saturated carbocycles. The molecule has 0 saturated heterocycles. The zero-order valence-corrected chi connectivity index (χ0v) is 21.0. The molecule has 38 heavy (non-hydrogen) atoms. The molecule has 6 rings (SSSR count). The molecular weight excluding hydrogens is 481 g/mol. The maximum Gasteiger partial charge on any atom is 0.229 e. The average molecular weight is 506 g/mol. The summed E-state index contributed by atoms with van der Waals surface area (Å²) in [4.78, 5) is 29.5. The number of hydrogen-bond acceptors (Lipinski definition) is 5. The van der Waals surface area contributed by atoms with E-state index < -0.39 is 5.41 Å². The van der Waals surface area contributed by atoms with Gasteiger partial charge in [-0.15, -0.1) is 0 Å². The van der Waals surface area contributed by atoms with Gasteiger partial charge in [0, 0.05) is 39.8 Å². The average Bonchev–Trinajstić information content (AvgIpc) is 3.52. The van der Waals surface area contributed by atoms with Crippen LogP contribution in [0.4, 0.5) is 10.1 Å². The van der Waals surface area contributed by atoms with Crippen molar-refractivity contribution in [1.82, 2.24) is 30.1 Å². The number of anilines is 1. The number of fused-ring (bicyclic) bond motifs is 2. The van der Waals surface area contributed by atoms with Gasteiger partial charge in [-0.05, 0) is 42.5 Å². The largest absolute Gasteiger partial charge is 0.353 e. The topological polar surface area (TPSA) is 112 Å². The Morgan fingerprint density at radius 1 is 0.947 bits per heavy atom. The summed E-state index contributed by atoms with van der Waals surface area (Å²) in [7, 11) is 0. The molecule has 0 unspecified atom stereocenters. The predicted octanol–water partition coefficient (Wildman–Crippen LogP) is 6.35. The second kappa shape index (κ2) is 8.88. The Balaban J connectivity index is 1.40.